The standard InChI is InChI=1S/C14H22N4/c1-2-11-4-7-18(8-5-11)14-12-9-15-6-3-13(12)16-10-17-14/h10-11,15H,2-9H2,1H3. The van der Waals surface area contributed by atoms with Crippen molar-refractivity contribution in [2.45, 2.75) is 39.2 Å². The van der Waals surface area contributed by atoms with Gasteiger partial charge in [-0.15, -0.1) is 0 Å². The molecule has 0 aliphatic carbocycles. The van der Waals surface area contributed by atoms with Crippen molar-refractivity contribution in [3.8, 4) is 0 Å². The van der Waals surface area contributed by atoms with E-state index in [2.05, 4.69) is 27.1 Å². The molecule has 0 unspecified atom stereocenters. The topological polar surface area (TPSA) is 41.1 Å². The molecule has 1 N–H and O–H groups in total. The zero-order chi connectivity index (χ0) is 12.4. The van der Waals surface area contributed by atoms with Gasteiger partial charge >= 0.3 is 0 Å². The van der Waals surface area contributed by atoms with Gasteiger partial charge in [0, 0.05) is 38.2 Å². The predicted octanol–water partition coefficient (Wildman–Crippen LogP) is 1.75. The van der Waals surface area contributed by atoms with E-state index in [4.69, 9.17) is 0 Å². The molecule has 1 aromatic rings. The van der Waals surface area contributed by atoms with E-state index in [-0.39, 0.29) is 0 Å². The number of nitrogens with one attached hydrogen (secondary N) is 1. The third-order valence-corrected chi connectivity index (χ3v) is 4.34. The second-order valence-electron chi connectivity index (χ2n) is 5.39. The average Bonchev–Trinajstić information content (AvgIpc) is 2.47. The summed E-state index contributed by atoms with van der Waals surface area (Å²) >= 11 is 0. The molecule has 4 heteroatoms. The lowest BCUT2D eigenvalue weighted by molar-refractivity contribution is 0.392. The molecular formula is C14H22N4. The summed E-state index contributed by atoms with van der Waals surface area (Å²) in [5, 5.41) is 3.43. The first-order valence-electron chi connectivity index (χ1n) is 7.17. The van der Waals surface area contributed by atoms with Crippen molar-refractivity contribution in [3.05, 3.63) is 17.6 Å². The first-order valence-corrected chi connectivity index (χ1v) is 7.17. The predicted molar refractivity (Wildman–Crippen MR) is 72.7 cm³/mol. The van der Waals surface area contributed by atoms with Crippen molar-refractivity contribution in [2.75, 3.05) is 24.5 Å². The van der Waals surface area contributed by atoms with Gasteiger partial charge in [-0.2, -0.15) is 0 Å². The smallest absolute Gasteiger partial charge is 0.136 e. The third kappa shape index (κ3) is 2.21. The molecule has 0 radical (unpaired) electrons. The zero-order valence-corrected chi connectivity index (χ0v) is 11.2. The highest BCUT2D eigenvalue weighted by Crippen LogP contribution is 2.27. The van der Waals surface area contributed by atoms with Crippen LogP contribution in [0.1, 0.15) is 37.4 Å². The Morgan fingerprint density at radius 2 is 2.17 bits per heavy atom. The second-order valence-corrected chi connectivity index (χ2v) is 5.39. The summed E-state index contributed by atoms with van der Waals surface area (Å²) < 4.78 is 0. The summed E-state index contributed by atoms with van der Waals surface area (Å²) in [6, 6.07) is 0. The van der Waals surface area contributed by atoms with Crippen LogP contribution in [-0.2, 0) is 13.0 Å². The Morgan fingerprint density at radius 1 is 1.33 bits per heavy atom. The summed E-state index contributed by atoms with van der Waals surface area (Å²) in [4.78, 5) is 11.4. The molecule has 0 atom stereocenters. The van der Waals surface area contributed by atoms with Crippen LogP contribution in [0, 0.1) is 5.92 Å². The lowest BCUT2D eigenvalue weighted by atomic mass is 9.94. The van der Waals surface area contributed by atoms with E-state index in [0.29, 0.717) is 0 Å². The highest BCUT2D eigenvalue weighted by molar-refractivity contribution is 5.49. The number of piperidine rings is 1. The number of hydrogen-bond donors (Lipinski definition) is 1. The lowest BCUT2D eigenvalue weighted by Gasteiger charge is -2.34. The van der Waals surface area contributed by atoms with E-state index in [9.17, 15) is 0 Å². The molecule has 0 bridgehead atoms. The van der Waals surface area contributed by atoms with E-state index in [1.807, 2.05) is 0 Å². The number of rotatable bonds is 2. The van der Waals surface area contributed by atoms with Gasteiger partial charge in [0.2, 0.25) is 0 Å². The summed E-state index contributed by atoms with van der Waals surface area (Å²) in [7, 11) is 0. The van der Waals surface area contributed by atoms with Gasteiger partial charge in [0.05, 0.1) is 5.69 Å². The molecule has 0 amide bonds. The summed E-state index contributed by atoms with van der Waals surface area (Å²) in [6.45, 7) is 6.58. The van der Waals surface area contributed by atoms with Gasteiger partial charge in [-0.25, -0.2) is 9.97 Å². The van der Waals surface area contributed by atoms with Crippen LogP contribution in [0.2, 0.25) is 0 Å². The fourth-order valence-corrected chi connectivity index (χ4v) is 3.08. The van der Waals surface area contributed by atoms with Gasteiger partial charge in [-0.3, -0.25) is 0 Å². The minimum absolute atomic E-state index is 0.914. The van der Waals surface area contributed by atoms with Gasteiger partial charge in [0.15, 0.2) is 0 Å². The summed E-state index contributed by atoms with van der Waals surface area (Å²) in [5.74, 6) is 2.10. The first kappa shape index (κ1) is 11.9. The van der Waals surface area contributed by atoms with E-state index >= 15 is 0 Å². The molecule has 0 spiro atoms. The van der Waals surface area contributed by atoms with Crippen LogP contribution in [0.4, 0.5) is 5.82 Å². The quantitative estimate of drug-likeness (QED) is 0.863. The maximum absolute atomic E-state index is 4.54. The van der Waals surface area contributed by atoms with Crippen LogP contribution in [-0.4, -0.2) is 29.6 Å². The SMILES string of the molecule is CCC1CCN(c2ncnc3c2CNCC3)CC1. The van der Waals surface area contributed by atoms with Crippen LogP contribution in [0.25, 0.3) is 0 Å². The average molecular weight is 246 g/mol. The summed E-state index contributed by atoms with van der Waals surface area (Å²) in [6.07, 6.45) is 6.71. The van der Waals surface area contributed by atoms with Gasteiger partial charge < -0.3 is 10.2 Å². The molecule has 18 heavy (non-hydrogen) atoms. The highest BCUT2D eigenvalue weighted by atomic mass is 15.2. The van der Waals surface area contributed by atoms with Crippen molar-refractivity contribution >= 4 is 5.82 Å². The largest absolute Gasteiger partial charge is 0.356 e. The van der Waals surface area contributed by atoms with Crippen molar-refractivity contribution < 1.29 is 0 Å². The number of anilines is 1. The van der Waals surface area contributed by atoms with Crippen molar-refractivity contribution in [3.63, 3.8) is 0 Å². The Balaban J connectivity index is 1.80. The van der Waals surface area contributed by atoms with Crippen molar-refractivity contribution in [1.29, 1.82) is 0 Å². The van der Waals surface area contributed by atoms with Crippen LogP contribution < -0.4 is 10.2 Å². The highest BCUT2D eigenvalue weighted by Gasteiger charge is 2.23. The maximum atomic E-state index is 4.54. The molecule has 2 aliphatic rings. The molecule has 1 fully saturated rings. The lowest BCUT2D eigenvalue weighted by Crippen LogP contribution is -2.36. The Kier molecular flexibility index (Phi) is 3.46. The number of aromatic nitrogens is 2. The zero-order valence-electron chi connectivity index (χ0n) is 11.2. The normalized spacial score (nSPS) is 20.8. The van der Waals surface area contributed by atoms with Crippen LogP contribution in [0.15, 0.2) is 6.33 Å². The Labute approximate surface area is 109 Å². The fraction of sp³-hybridized carbons (Fsp3) is 0.714. The maximum Gasteiger partial charge on any atom is 0.136 e. The Hall–Kier alpha value is -1.16. The van der Waals surface area contributed by atoms with Gasteiger partial charge in [-0.05, 0) is 18.8 Å². The van der Waals surface area contributed by atoms with Crippen LogP contribution in [0.5, 0.6) is 0 Å². The molecule has 0 saturated carbocycles. The van der Waals surface area contributed by atoms with Crippen molar-refractivity contribution in [2.24, 2.45) is 5.92 Å². The van der Waals surface area contributed by atoms with Crippen LogP contribution >= 0.6 is 0 Å². The molecular weight excluding hydrogens is 224 g/mol. The van der Waals surface area contributed by atoms with E-state index in [0.717, 1.165) is 38.5 Å². The van der Waals surface area contributed by atoms with E-state index in [1.165, 1.54) is 36.3 Å². The minimum atomic E-state index is 0.914. The minimum Gasteiger partial charge on any atom is -0.356 e. The van der Waals surface area contributed by atoms with Gasteiger partial charge in [0.1, 0.15) is 12.1 Å². The molecule has 3 rings (SSSR count). The summed E-state index contributed by atoms with van der Waals surface area (Å²) in [5.41, 5.74) is 2.58. The molecule has 98 valence electrons. The van der Waals surface area contributed by atoms with Gasteiger partial charge in [0.25, 0.3) is 0 Å². The Morgan fingerprint density at radius 3 is 2.94 bits per heavy atom. The monoisotopic (exact) mass is 246 g/mol. The molecule has 4 nitrogen and oxygen atoms in total. The van der Waals surface area contributed by atoms with Crippen LogP contribution in [0.3, 0.4) is 0 Å². The number of hydrogen-bond acceptors (Lipinski definition) is 4. The number of nitrogens with zero attached hydrogens (tertiary/aromatic N) is 3. The van der Waals surface area contributed by atoms with Crippen molar-refractivity contribution in [1.82, 2.24) is 15.3 Å². The molecule has 1 saturated heterocycles. The van der Waals surface area contributed by atoms with E-state index in [1.54, 1.807) is 6.33 Å². The molecule has 2 aliphatic heterocycles. The molecule has 1 aromatic heterocycles. The first-order chi connectivity index (χ1) is 8.88. The second kappa shape index (κ2) is 5.22. The van der Waals surface area contributed by atoms with Gasteiger partial charge in [-0.1, -0.05) is 13.3 Å². The number of fused-ring (bicyclic) bond motifs is 1. The van der Waals surface area contributed by atoms with E-state index < -0.39 is 0 Å². The molecule has 3 heterocycles. The third-order valence-electron chi connectivity index (χ3n) is 4.34. The fourth-order valence-electron chi connectivity index (χ4n) is 3.08. The Bertz CT molecular complexity index is 410. The molecule has 0 aromatic carbocycles.